The molecule has 148 valence electrons. The van der Waals surface area contributed by atoms with E-state index in [1.165, 1.54) is 0 Å². The van der Waals surface area contributed by atoms with Crippen molar-refractivity contribution < 1.29 is 9.90 Å². The van der Waals surface area contributed by atoms with Crippen molar-refractivity contribution in [3.05, 3.63) is 40.6 Å². The first kappa shape index (κ1) is 21.1. The van der Waals surface area contributed by atoms with Crippen molar-refractivity contribution in [1.82, 2.24) is 4.57 Å². The van der Waals surface area contributed by atoms with E-state index in [1.807, 2.05) is 13.0 Å². The van der Waals surface area contributed by atoms with Gasteiger partial charge in [-0.05, 0) is 47.9 Å². The number of aromatic hydroxyl groups is 1. The van der Waals surface area contributed by atoms with Crippen LogP contribution < -0.4 is 5.73 Å². The van der Waals surface area contributed by atoms with E-state index in [0.717, 1.165) is 41.0 Å². The number of primary amides is 1. The van der Waals surface area contributed by atoms with Gasteiger partial charge < -0.3 is 15.4 Å². The minimum atomic E-state index is -0.408. The van der Waals surface area contributed by atoms with Gasteiger partial charge in [0.1, 0.15) is 5.75 Å². The Bertz CT molecular complexity index is 827. The van der Waals surface area contributed by atoms with E-state index >= 15 is 0 Å². The molecule has 0 aliphatic heterocycles. The Balaban J connectivity index is 2.87. The molecule has 1 amide bonds. The molecule has 0 aliphatic carbocycles. The normalized spacial score (nSPS) is 12.4. The van der Waals surface area contributed by atoms with Crippen molar-refractivity contribution in [1.29, 1.82) is 0 Å². The van der Waals surface area contributed by atoms with Crippen molar-refractivity contribution in [2.24, 2.45) is 5.73 Å². The van der Waals surface area contributed by atoms with Crippen LogP contribution in [0.1, 0.15) is 82.1 Å². The lowest BCUT2D eigenvalue weighted by atomic mass is 9.78. The Morgan fingerprint density at radius 1 is 1.04 bits per heavy atom. The van der Waals surface area contributed by atoms with Gasteiger partial charge in [0.15, 0.2) is 0 Å². The largest absolute Gasteiger partial charge is 0.507 e. The van der Waals surface area contributed by atoms with Gasteiger partial charge in [0.05, 0.1) is 5.56 Å². The zero-order valence-corrected chi connectivity index (χ0v) is 18.0. The summed E-state index contributed by atoms with van der Waals surface area (Å²) < 4.78 is 2.16. The molecule has 0 fully saturated rings. The van der Waals surface area contributed by atoms with E-state index in [2.05, 4.69) is 65.2 Å². The molecule has 0 saturated carbocycles. The summed E-state index contributed by atoms with van der Waals surface area (Å²) in [6.45, 7) is 17.5. The van der Waals surface area contributed by atoms with Crippen LogP contribution in [0.5, 0.6) is 5.75 Å². The fourth-order valence-electron chi connectivity index (χ4n) is 3.57. The number of carbonyl (C=O) groups excluding carboxylic acids is 1. The summed E-state index contributed by atoms with van der Waals surface area (Å²) >= 11 is 0. The SMILES string of the molecule is CCCn1c(-c2cc(C(C)(C)C)c(O)c(C(C)(C)C)c2)cc(C(N)=O)c1C. The molecule has 0 saturated heterocycles. The van der Waals surface area contributed by atoms with E-state index in [0.29, 0.717) is 11.3 Å². The molecule has 1 aromatic carbocycles. The molecular formula is C23H34N2O2. The van der Waals surface area contributed by atoms with Crippen molar-refractivity contribution in [3.8, 4) is 17.0 Å². The highest BCUT2D eigenvalue weighted by Gasteiger charge is 2.28. The third-order valence-electron chi connectivity index (χ3n) is 5.10. The number of benzene rings is 1. The van der Waals surface area contributed by atoms with Gasteiger partial charge in [-0.15, -0.1) is 0 Å². The molecule has 27 heavy (non-hydrogen) atoms. The van der Waals surface area contributed by atoms with Gasteiger partial charge in [0.2, 0.25) is 0 Å². The van der Waals surface area contributed by atoms with E-state index < -0.39 is 5.91 Å². The highest BCUT2D eigenvalue weighted by atomic mass is 16.3. The number of carbonyl (C=O) groups is 1. The smallest absolute Gasteiger partial charge is 0.250 e. The van der Waals surface area contributed by atoms with Crippen LogP contribution in [-0.2, 0) is 17.4 Å². The highest BCUT2D eigenvalue weighted by Crippen LogP contribution is 2.42. The second-order valence-corrected chi connectivity index (χ2v) is 9.46. The predicted molar refractivity (Wildman–Crippen MR) is 112 cm³/mol. The number of hydrogen-bond donors (Lipinski definition) is 2. The summed E-state index contributed by atoms with van der Waals surface area (Å²) in [6, 6.07) is 5.99. The third kappa shape index (κ3) is 4.05. The van der Waals surface area contributed by atoms with Gasteiger partial charge in [0.25, 0.3) is 5.91 Å². The number of rotatable bonds is 4. The second-order valence-electron chi connectivity index (χ2n) is 9.46. The van der Waals surface area contributed by atoms with Gasteiger partial charge in [-0.2, -0.15) is 0 Å². The van der Waals surface area contributed by atoms with Gasteiger partial charge in [-0.3, -0.25) is 4.79 Å². The fraction of sp³-hybridized carbons (Fsp3) is 0.522. The molecule has 0 atom stereocenters. The minimum Gasteiger partial charge on any atom is -0.507 e. The quantitative estimate of drug-likeness (QED) is 0.769. The molecule has 4 heteroatoms. The number of hydrogen-bond acceptors (Lipinski definition) is 2. The topological polar surface area (TPSA) is 68.2 Å². The molecule has 0 spiro atoms. The minimum absolute atomic E-state index is 0.205. The number of aromatic nitrogens is 1. The van der Waals surface area contributed by atoms with E-state index in [9.17, 15) is 9.90 Å². The molecule has 4 nitrogen and oxygen atoms in total. The number of nitrogens with two attached hydrogens (primary N) is 1. The van der Waals surface area contributed by atoms with Crippen LogP contribution in [0.2, 0.25) is 0 Å². The van der Waals surface area contributed by atoms with Crippen LogP contribution >= 0.6 is 0 Å². The first-order chi connectivity index (χ1) is 12.3. The summed E-state index contributed by atoms with van der Waals surface area (Å²) in [6.07, 6.45) is 0.955. The van der Waals surface area contributed by atoms with Crippen LogP contribution in [0, 0.1) is 6.92 Å². The molecule has 0 aliphatic rings. The Hall–Kier alpha value is -2.23. The van der Waals surface area contributed by atoms with Gasteiger partial charge in [-0.1, -0.05) is 48.5 Å². The Labute approximate surface area is 163 Å². The molecule has 1 aromatic heterocycles. The lowest BCUT2D eigenvalue weighted by Gasteiger charge is -2.28. The third-order valence-corrected chi connectivity index (χ3v) is 5.10. The van der Waals surface area contributed by atoms with Gasteiger partial charge in [-0.25, -0.2) is 0 Å². The first-order valence-corrected chi connectivity index (χ1v) is 9.67. The Morgan fingerprint density at radius 3 is 1.89 bits per heavy atom. The number of amides is 1. The van der Waals surface area contributed by atoms with Crippen LogP contribution in [0.3, 0.4) is 0 Å². The summed E-state index contributed by atoms with van der Waals surface area (Å²) in [5, 5.41) is 11.0. The van der Waals surface area contributed by atoms with Crippen molar-refractivity contribution in [3.63, 3.8) is 0 Å². The number of phenols is 1. The summed E-state index contributed by atoms with van der Waals surface area (Å²) in [5.41, 5.74) is 10.4. The van der Waals surface area contributed by atoms with Crippen LogP contribution in [0.4, 0.5) is 0 Å². The predicted octanol–water partition coefficient (Wildman–Crippen LogP) is 5.27. The molecule has 2 aromatic rings. The van der Waals surface area contributed by atoms with Crippen molar-refractivity contribution in [2.75, 3.05) is 0 Å². The van der Waals surface area contributed by atoms with Crippen LogP contribution in [-0.4, -0.2) is 15.6 Å². The molecule has 2 rings (SSSR count). The van der Waals surface area contributed by atoms with Crippen LogP contribution in [0.25, 0.3) is 11.3 Å². The highest BCUT2D eigenvalue weighted by molar-refractivity contribution is 5.95. The summed E-state index contributed by atoms with van der Waals surface area (Å²) in [5.74, 6) is -0.0475. The maximum atomic E-state index is 11.9. The molecule has 0 bridgehead atoms. The number of nitrogens with zero attached hydrogens (tertiary/aromatic N) is 1. The maximum absolute atomic E-state index is 11.9. The lowest BCUT2D eigenvalue weighted by molar-refractivity contribution is 0.0999. The molecule has 3 N–H and O–H groups in total. The monoisotopic (exact) mass is 370 g/mol. The van der Waals surface area contributed by atoms with Crippen molar-refractivity contribution >= 4 is 5.91 Å². The summed E-state index contributed by atoms with van der Waals surface area (Å²) in [7, 11) is 0. The second kappa shape index (κ2) is 7.06. The maximum Gasteiger partial charge on any atom is 0.250 e. The van der Waals surface area contributed by atoms with E-state index in [1.54, 1.807) is 0 Å². The first-order valence-electron chi connectivity index (χ1n) is 9.67. The average molecular weight is 371 g/mol. The molecular weight excluding hydrogens is 336 g/mol. The Morgan fingerprint density at radius 2 is 1.52 bits per heavy atom. The zero-order valence-electron chi connectivity index (χ0n) is 18.0. The van der Waals surface area contributed by atoms with Gasteiger partial charge >= 0.3 is 0 Å². The fourth-order valence-corrected chi connectivity index (χ4v) is 3.57. The molecule has 0 unspecified atom stereocenters. The van der Waals surface area contributed by atoms with E-state index in [4.69, 9.17) is 5.73 Å². The van der Waals surface area contributed by atoms with Crippen molar-refractivity contribution in [2.45, 2.75) is 79.2 Å². The average Bonchev–Trinajstić information content (AvgIpc) is 2.83. The molecule has 1 heterocycles. The van der Waals surface area contributed by atoms with Gasteiger partial charge in [0, 0.05) is 29.1 Å². The van der Waals surface area contributed by atoms with E-state index in [-0.39, 0.29) is 10.8 Å². The Kier molecular flexibility index (Phi) is 5.51. The number of phenolic OH excluding ortho intramolecular Hbond substituents is 1. The van der Waals surface area contributed by atoms with Crippen LogP contribution in [0.15, 0.2) is 18.2 Å². The zero-order chi connectivity index (χ0) is 20.7. The molecule has 0 radical (unpaired) electrons. The lowest BCUT2D eigenvalue weighted by Crippen LogP contribution is -2.17. The standard InChI is InChI=1S/C23H34N2O2/c1-9-10-25-14(2)16(21(24)27)13-19(25)15-11-17(22(3,4)5)20(26)18(12-15)23(6,7)8/h11-13,26H,9-10H2,1-8H3,(H2,24,27). The summed E-state index contributed by atoms with van der Waals surface area (Å²) in [4.78, 5) is 11.9.